The summed E-state index contributed by atoms with van der Waals surface area (Å²) in [5, 5.41) is 3.33. The number of anilines is 1. The molecule has 0 spiro atoms. The van der Waals surface area contributed by atoms with Gasteiger partial charge in [0.2, 0.25) is 0 Å². The number of piperidine rings is 1. The Morgan fingerprint density at radius 1 is 1.50 bits per heavy atom. The molecule has 3 heteroatoms. The van der Waals surface area contributed by atoms with Crippen molar-refractivity contribution >= 4 is 5.82 Å². The molecule has 0 aliphatic carbocycles. The van der Waals surface area contributed by atoms with Gasteiger partial charge >= 0.3 is 0 Å². The van der Waals surface area contributed by atoms with Crippen LogP contribution in [0.2, 0.25) is 0 Å². The van der Waals surface area contributed by atoms with Gasteiger partial charge in [0.25, 0.3) is 0 Å². The summed E-state index contributed by atoms with van der Waals surface area (Å²) in [6, 6.07) is 6.71. The fraction of sp³-hybridized carbons (Fsp3) is 0.545. The van der Waals surface area contributed by atoms with Crippen LogP contribution in [0.25, 0.3) is 0 Å². The Bertz CT molecular complexity index is 273. The maximum absolute atomic E-state index is 4.37. The fourth-order valence-corrected chi connectivity index (χ4v) is 1.96. The lowest BCUT2D eigenvalue weighted by atomic mass is 10.1. The van der Waals surface area contributed by atoms with Crippen molar-refractivity contribution in [1.82, 2.24) is 10.3 Å². The monoisotopic (exact) mass is 191 g/mol. The maximum atomic E-state index is 4.37. The molecule has 1 aromatic rings. The highest BCUT2D eigenvalue weighted by Crippen LogP contribution is 2.16. The minimum atomic E-state index is 0.616. The van der Waals surface area contributed by atoms with Crippen molar-refractivity contribution in [2.45, 2.75) is 18.9 Å². The number of hydrogen-bond donors (Lipinski definition) is 1. The van der Waals surface area contributed by atoms with Crippen molar-refractivity contribution in [2.24, 2.45) is 0 Å². The van der Waals surface area contributed by atoms with E-state index in [1.807, 2.05) is 25.4 Å². The van der Waals surface area contributed by atoms with Gasteiger partial charge in [-0.15, -0.1) is 0 Å². The van der Waals surface area contributed by atoms with Crippen LogP contribution in [0.4, 0.5) is 5.82 Å². The van der Waals surface area contributed by atoms with Gasteiger partial charge in [-0.3, -0.25) is 0 Å². The van der Waals surface area contributed by atoms with E-state index in [-0.39, 0.29) is 0 Å². The third kappa shape index (κ3) is 2.04. The minimum absolute atomic E-state index is 0.616. The largest absolute Gasteiger partial charge is 0.355 e. The molecule has 1 atom stereocenters. The number of nitrogens with zero attached hydrogens (tertiary/aromatic N) is 2. The van der Waals surface area contributed by atoms with E-state index in [1.54, 1.807) is 0 Å². The van der Waals surface area contributed by atoms with E-state index < -0.39 is 0 Å². The summed E-state index contributed by atoms with van der Waals surface area (Å²) in [5.74, 6) is 1.10. The fourth-order valence-electron chi connectivity index (χ4n) is 1.96. The summed E-state index contributed by atoms with van der Waals surface area (Å²) in [7, 11) is 2.03. The minimum Gasteiger partial charge on any atom is -0.355 e. The molecule has 0 radical (unpaired) electrons. The Hall–Kier alpha value is -1.09. The summed E-state index contributed by atoms with van der Waals surface area (Å²) >= 11 is 0. The number of likely N-dealkylation sites (N-methyl/N-ethyl adjacent to an activating group) is 1. The molecule has 1 aromatic heterocycles. The topological polar surface area (TPSA) is 28.2 Å². The van der Waals surface area contributed by atoms with Crippen LogP contribution in [-0.2, 0) is 0 Å². The van der Waals surface area contributed by atoms with Gasteiger partial charge in [-0.05, 0) is 32.0 Å². The molecule has 3 nitrogen and oxygen atoms in total. The summed E-state index contributed by atoms with van der Waals surface area (Å²) in [6.07, 6.45) is 4.39. The van der Waals surface area contributed by atoms with Crippen LogP contribution < -0.4 is 10.2 Å². The summed E-state index contributed by atoms with van der Waals surface area (Å²) in [6.45, 7) is 2.21. The zero-order valence-electron chi connectivity index (χ0n) is 8.61. The zero-order chi connectivity index (χ0) is 9.80. The molecule has 0 bridgehead atoms. The van der Waals surface area contributed by atoms with Crippen LogP contribution in [-0.4, -0.2) is 31.2 Å². The molecule has 1 N–H and O–H groups in total. The number of rotatable bonds is 2. The molecule has 0 saturated carbocycles. The molecule has 2 rings (SSSR count). The quantitative estimate of drug-likeness (QED) is 0.763. The van der Waals surface area contributed by atoms with E-state index >= 15 is 0 Å². The first-order valence-electron chi connectivity index (χ1n) is 5.23. The van der Waals surface area contributed by atoms with Gasteiger partial charge in [0, 0.05) is 25.3 Å². The molecule has 1 fully saturated rings. The van der Waals surface area contributed by atoms with Crippen LogP contribution in [0.3, 0.4) is 0 Å². The van der Waals surface area contributed by atoms with Gasteiger partial charge in [0.1, 0.15) is 5.82 Å². The molecule has 0 amide bonds. The van der Waals surface area contributed by atoms with Gasteiger partial charge in [-0.25, -0.2) is 4.98 Å². The van der Waals surface area contributed by atoms with Gasteiger partial charge in [0.05, 0.1) is 0 Å². The molecule has 76 valence electrons. The smallest absolute Gasteiger partial charge is 0.128 e. The Morgan fingerprint density at radius 3 is 3.14 bits per heavy atom. The van der Waals surface area contributed by atoms with Gasteiger partial charge in [-0.2, -0.15) is 0 Å². The molecule has 0 aromatic carbocycles. The van der Waals surface area contributed by atoms with Gasteiger partial charge in [0.15, 0.2) is 0 Å². The number of pyridine rings is 1. The van der Waals surface area contributed by atoms with E-state index in [9.17, 15) is 0 Å². The van der Waals surface area contributed by atoms with Crippen molar-refractivity contribution in [3.63, 3.8) is 0 Å². The SMILES string of the molecule is CNC1CCCN(c2ccccn2)C1. The van der Waals surface area contributed by atoms with Crippen LogP contribution in [0.1, 0.15) is 12.8 Å². The molecule has 1 saturated heterocycles. The van der Waals surface area contributed by atoms with E-state index in [2.05, 4.69) is 21.3 Å². The van der Waals surface area contributed by atoms with Crippen molar-refractivity contribution in [2.75, 3.05) is 25.0 Å². The lowest BCUT2D eigenvalue weighted by Gasteiger charge is -2.33. The highest BCUT2D eigenvalue weighted by Gasteiger charge is 2.18. The molecule has 2 heterocycles. The summed E-state index contributed by atoms with van der Waals surface area (Å²) in [5.41, 5.74) is 0. The third-order valence-electron chi connectivity index (χ3n) is 2.80. The second kappa shape index (κ2) is 4.42. The van der Waals surface area contributed by atoms with Gasteiger partial charge in [-0.1, -0.05) is 6.07 Å². The molecular formula is C11H17N3. The maximum Gasteiger partial charge on any atom is 0.128 e. The normalized spacial score (nSPS) is 22.4. The number of aromatic nitrogens is 1. The molecule has 14 heavy (non-hydrogen) atoms. The Balaban J connectivity index is 2.04. The van der Waals surface area contributed by atoms with Crippen molar-refractivity contribution in [1.29, 1.82) is 0 Å². The van der Waals surface area contributed by atoms with Gasteiger partial charge < -0.3 is 10.2 Å². The lowest BCUT2D eigenvalue weighted by Crippen LogP contribution is -2.44. The molecule has 1 aliphatic rings. The van der Waals surface area contributed by atoms with E-state index in [0.29, 0.717) is 6.04 Å². The summed E-state index contributed by atoms with van der Waals surface area (Å²) in [4.78, 5) is 6.72. The predicted octanol–water partition coefficient (Wildman–Crippen LogP) is 1.27. The predicted molar refractivity (Wildman–Crippen MR) is 58.5 cm³/mol. The van der Waals surface area contributed by atoms with Crippen LogP contribution in [0.15, 0.2) is 24.4 Å². The average molecular weight is 191 g/mol. The first-order chi connectivity index (χ1) is 6.90. The zero-order valence-corrected chi connectivity index (χ0v) is 8.61. The van der Waals surface area contributed by atoms with E-state index in [1.165, 1.54) is 12.8 Å². The van der Waals surface area contributed by atoms with Crippen LogP contribution in [0, 0.1) is 0 Å². The van der Waals surface area contributed by atoms with Crippen LogP contribution >= 0.6 is 0 Å². The Kier molecular flexibility index (Phi) is 2.99. The molecule has 1 aliphatic heterocycles. The van der Waals surface area contributed by atoms with E-state index in [0.717, 1.165) is 18.9 Å². The van der Waals surface area contributed by atoms with Crippen molar-refractivity contribution in [3.05, 3.63) is 24.4 Å². The number of nitrogens with one attached hydrogen (secondary N) is 1. The number of hydrogen-bond acceptors (Lipinski definition) is 3. The van der Waals surface area contributed by atoms with Crippen molar-refractivity contribution in [3.8, 4) is 0 Å². The summed E-state index contributed by atoms with van der Waals surface area (Å²) < 4.78 is 0. The average Bonchev–Trinajstić information content (AvgIpc) is 2.30. The second-order valence-electron chi connectivity index (χ2n) is 3.76. The highest BCUT2D eigenvalue weighted by atomic mass is 15.2. The first kappa shape index (κ1) is 9.46. The Morgan fingerprint density at radius 2 is 2.43 bits per heavy atom. The highest BCUT2D eigenvalue weighted by molar-refractivity contribution is 5.38. The molecule has 1 unspecified atom stereocenters. The van der Waals surface area contributed by atoms with Crippen molar-refractivity contribution < 1.29 is 0 Å². The third-order valence-corrected chi connectivity index (χ3v) is 2.80. The second-order valence-corrected chi connectivity index (χ2v) is 3.76. The Labute approximate surface area is 85.1 Å². The standard InChI is InChI=1S/C11H17N3/c1-12-10-5-4-8-14(9-10)11-6-2-3-7-13-11/h2-3,6-7,10,12H,4-5,8-9H2,1H3. The molecular weight excluding hydrogens is 174 g/mol. The van der Waals surface area contributed by atoms with E-state index in [4.69, 9.17) is 0 Å². The van der Waals surface area contributed by atoms with Crippen LogP contribution in [0.5, 0.6) is 0 Å². The first-order valence-corrected chi connectivity index (χ1v) is 5.23. The lowest BCUT2D eigenvalue weighted by molar-refractivity contribution is 0.447.